The van der Waals surface area contributed by atoms with Crippen LogP contribution in [0, 0.1) is 0 Å². The molecule has 0 radical (unpaired) electrons. The maximum atomic E-state index is 12.8. The molecule has 8 heteroatoms. The Morgan fingerprint density at radius 3 is 2.29 bits per heavy atom. The molecule has 2 atom stereocenters. The van der Waals surface area contributed by atoms with E-state index in [1.54, 1.807) is 37.3 Å². The topological polar surface area (TPSA) is 108 Å². The van der Waals surface area contributed by atoms with E-state index in [0.717, 1.165) is 12.8 Å². The molecule has 0 aliphatic rings. The van der Waals surface area contributed by atoms with E-state index in [1.165, 1.54) is 16.3 Å². The minimum Gasteiger partial charge on any atom is -0.479 e. The summed E-state index contributed by atoms with van der Waals surface area (Å²) in [7, 11) is 0. The van der Waals surface area contributed by atoms with Crippen molar-refractivity contribution < 1.29 is 38.4 Å². The Balaban J connectivity index is 1.56. The number of hydrogen-bond donors (Lipinski definition) is 1. The number of rotatable bonds is 15. The van der Waals surface area contributed by atoms with E-state index in [4.69, 9.17) is 18.9 Å². The number of carbonyl (C=O) groups excluding carboxylic acids is 2. The molecule has 3 aromatic carbocycles. The van der Waals surface area contributed by atoms with E-state index in [-0.39, 0.29) is 19.8 Å². The Morgan fingerprint density at radius 1 is 0.816 bits per heavy atom. The highest BCUT2D eigenvalue weighted by atomic mass is 16.6. The summed E-state index contributed by atoms with van der Waals surface area (Å²) in [6.45, 7) is 0.973. The molecule has 0 aliphatic carbocycles. The number of carboxylic acids is 1. The summed E-state index contributed by atoms with van der Waals surface area (Å²) in [6.07, 6.45) is 1.76. The predicted octanol–water partition coefficient (Wildman–Crippen LogP) is 4.49. The van der Waals surface area contributed by atoms with Gasteiger partial charge in [-0.15, -0.1) is 0 Å². The number of esters is 2. The van der Waals surface area contributed by atoms with Crippen LogP contribution in [0.15, 0.2) is 84.9 Å². The van der Waals surface area contributed by atoms with Crippen LogP contribution in [-0.2, 0) is 46.4 Å². The van der Waals surface area contributed by atoms with E-state index in [1.807, 2.05) is 24.3 Å². The second-order valence-corrected chi connectivity index (χ2v) is 8.41. The molecule has 0 amide bonds. The summed E-state index contributed by atoms with van der Waals surface area (Å²) >= 11 is 0. The van der Waals surface area contributed by atoms with Gasteiger partial charge in [-0.2, -0.15) is 0 Å². The molecule has 0 fully saturated rings. The first-order chi connectivity index (χ1) is 18.5. The molecule has 0 heterocycles. The highest BCUT2D eigenvalue weighted by Gasteiger charge is 2.37. The Kier molecular flexibility index (Phi) is 11.5. The molecule has 0 aliphatic heterocycles. The molecule has 0 unspecified atom stereocenters. The third-order valence-corrected chi connectivity index (χ3v) is 5.61. The molecule has 3 aromatic rings. The van der Waals surface area contributed by atoms with Crippen molar-refractivity contribution in [2.75, 3.05) is 19.8 Å². The smallest absolute Gasteiger partial charge is 0.339 e. The van der Waals surface area contributed by atoms with Crippen LogP contribution in [0.3, 0.4) is 0 Å². The van der Waals surface area contributed by atoms with Crippen molar-refractivity contribution in [1.29, 1.82) is 0 Å². The average Bonchev–Trinajstić information content (AvgIpc) is 2.93. The summed E-state index contributed by atoms with van der Waals surface area (Å²) in [5, 5.41) is 12.1. The summed E-state index contributed by atoms with van der Waals surface area (Å²) < 4.78 is 20.9. The van der Waals surface area contributed by atoms with Gasteiger partial charge in [0.1, 0.15) is 13.2 Å². The Labute approximate surface area is 221 Å². The number of benzene rings is 3. The zero-order valence-corrected chi connectivity index (χ0v) is 21.3. The molecule has 8 nitrogen and oxygen atoms in total. The average molecular weight is 521 g/mol. The third kappa shape index (κ3) is 9.14. The number of aliphatic carboxylic acids is 1. The number of carboxylic acid groups (broad SMARTS) is 1. The van der Waals surface area contributed by atoms with Crippen LogP contribution in [0.1, 0.15) is 24.5 Å². The maximum Gasteiger partial charge on any atom is 0.339 e. The van der Waals surface area contributed by atoms with Gasteiger partial charge in [0.05, 0.1) is 13.2 Å². The summed E-state index contributed by atoms with van der Waals surface area (Å²) in [6, 6.07) is 23.4. The number of fused-ring (bicyclic) bond motifs is 1. The Bertz CT molecular complexity index is 1220. The van der Waals surface area contributed by atoms with Crippen LogP contribution in [-0.4, -0.2) is 55.0 Å². The SMILES string of the molecule is CCOC(=O)CO[C@@H](C(=O)OCc1ccccc1)[C@@H](OC/C=C/CCc1ccc2ccccc2c1)C(=O)O. The number of aryl methyl sites for hydroxylation is 1. The van der Waals surface area contributed by atoms with Gasteiger partial charge >= 0.3 is 17.9 Å². The van der Waals surface area contributed by atoms with Crippen molar-refractivity contribution >= 4 is 28.7 Å². The van der Waals surface area contributed by atoms with Gasteiger partial charge in [0.15, 0.2) is 12.2 Å². The number of carbonyl (C=O) groups is 3. The van der Waals surface area contributed by atoms with Crippen molar-refractivity contribution in [3.8, 4) is 0 Å². The fraction of sp³-hybridized carbons (Fsp3) is 0.300. The molecule has 3 rings (SSSR count). The van der Waals surface area contributed by atoms with E-state index in [0.29, 0.717) is 5.56 Å². The van der Waals surface area contributed by atoms with Crippen molar-refractivity contribution in [2.45, 2.75) is 38.6 Å². The lowest BCUT2D eigenvalue weighted by molar-refractivity contribution is -0.183. The minimum atomic E-state index is -1.68. The number of hydrogen-bond acceptors (Lipinski definition) is 7. The molecule has 0 saturated carbocycles. The lowest BCUT2D eigenvalue weighted by Gasteiger charge is -2.22. The van der Waals surface area contributed by atoms with Crippen molar-refractivity contribution in [3.63, 3.8) is 0 Å². The first kappa shape index (κ1) is 28.6. The third-order valence-electron chi connectivity index (χ3n) is 5.61. The van der Waals surface area contributed by atoms with Gasteiger partial charge in [0.25, 0.3) is 0 Å². The van der Waals surface area contributed by atoms with Gasteiger partial charge in [-0.25, -0.2) is 14.4 Å². The molecule has 0 aromatic heterocycles. The maximum absolute atomic E-state index is 12.8. The molecule has 38 heavy (non-hydrogen) atoms. The van der Waals surface area contributed by atoms with Gasteiger partial charge < -0.3 is 24.1 Å². The monoisotopic (exact) mass is 520 g/mol. The second kappa shape index (κ2) is 15.3. The van der Waals surface area contributed by atoms with Crippen LogP contribution >= 0.6 is 0 Å². The first-order valence-electron chi connectivity index (χ1n) is 12.4. The fourth-order valence-corrected chi connectivity index (χ4v) is 3.73. The molecule has 0 spiro atoms. The van der Waals surface area contributed by atoms with Crippen LogP contribution in [0.25, 0.3) is 10.8 Å². The Morgan fingerprint density at radius 2 is 1.55 bits per heavy atom. The van der Waals surface area contributed by atoms with Gasteiger partial charge in [-0.05, 0) is 41.7 Å². The van der Waals surface area contributed by atoms with E-state index in [9.17, 15) is 19.5 Å². The predicted molar refractivity (Wildman–Crippen MR) is 141 cm³/mol. The number of allylic oxidation sites excluding steroid dienone is 1. The fourth-order valence-electron chi connectivity index (χ4n) is 3.73. The molecular weight excluding hydrogens is 488 g/mol. The van der Waals surface area contributed by atoms with Gasteiger partial charge in [-0.3, -0.25) is 0 Å². The van der Waals surface area contributed by atoms with E-state index < -0.39 is 36.7 Å². The van der Waals surface area contributed by atoms with Crippen LogP contribution < -0.4 is 0 Å². The van der Waals surface area contributed by atoms with Gasteiger partial charge in [0.2, 0.25) is 0 Å². The Hall–Kier alpha value is -4.01. The summed E-state index contributed by atoms with van der Waals surface area (Å²) in [5.41, 5.74) is 1.90. The van der Waals surface area contributed by atoms with Crippen molar-refractivity contribution in [1.82, 2.24) is 0 Å². The van der Waals surface area contributed by atoms with Gasteiger partial charge in [-0.1, -0.05) is 84.9 Å². The van der Waals surface area contributed by atoms with Crippen molar-refractivity contribution in [3.05, 3.63) is 96.1 Å². The highest BCUT2D eigenvalue weighted by Crippen LogP contribution is 2.17. The summed E-state index contributed by atoms with van der Waals surface area (Å²) in [4.78, 5) is 36.5. The van der Waals surface area contributed by atoms with Crippen molar-refractivity contribution in [2.24, 2.45) is 0 Å². The highest BCUT2D eigenvalue weighted by molar-refractivity contribution is 5.85. The second-order valence-electron chi connectivity index (χ2n) is 8.41. The molecular formula is C30H32O8. The standard InChI is InChI=1S/C30H32O8/c1-2-35-26(31)21-37-28(30(34)38-20-23-12-5-3-6-13-23)27(29(32)33)36-18-10-4-7-11-22-16-17-24-14-8-9-15-25(24)19-22/h3-6,8-10,12-17,19,27-28H,2,7,11,18,20-21H2,1H3,(H,32,33)/b10-4+/t27-,28-/m1/s1. The summed E-state index contributed by atoms with van der Waals surface area (Å²) in [5.74, 6) is -3.10. The lowest BCUT2D eigenvalue weighted by Crippen LogP contribution is -2.45. The minimum absolute atomic E-state index is 0.0695. The lowest BCUT2D eigenvalue weighted by atomic mass is 10.0. The first-order valence-corrected chi connectivity index (χ1v) is 12.4. The van der Waals surface area contributed by atoms with Crippen LogP contribution in [0.4, 0.5) is 0 Å². The quantitative estimate of drug-likeness (QED) is 0.231. The van der Waals surface area contributed by atoms with E-state index >= 15 is 0 Å². The molecule has 0 bridgehead atoms. The molecule has 200 valence electrons. The zero-order valence-electron chi connectivity index (χ0n) is 21.3. The normalized spacial score (nSPS) is 12.8. The molecule has 0 saturated heterocycles. The largest absolute Gasteiger partial charge is 0.479 e. The van der Waals surface area contributed by atoms with Gasteiger partial charge in [0, 0.05) is 0 Å². The number of ether oxygens (including phenoxy) is 4. The van der Waals surface area contributed by atoms with Crippen LogP contribution in [0.5, 0.6) is 0 Å². The zero-order chi connectivity index (χ0) is 27.2. The van der Waals surface area contributed by atoms with E-state index in [2.05, 4.69) is 30.3 Å². The van der Waals surface area contributed by atoms with Crippen LogP contribution in [0.2, 0.25) is 0 Å². The molecule has 1 N–H and O–H groups in total.